The van der Waals surface area contributed by atoms with Crippen molar-refractivity contribution in [3.63, 3.8) is 0 Å². The Morgan fingerprint density at radius 1 is 1.07 bits per heavy atom. The number of hydrogen-bond donors (Lipinski definition) is 0. The summed E-state index contributed by atoms with van der Waals surface area (Å²) in [5.74, 6) is -1.79. The number of thioether (sulfide) groups is 1. The van der Waals surface area contributed by atoms with Crippen LogP contribution in [0, 0.1) is 6.92 Å². The number of carboxylic acids is 1. The molecule has 0 bridgehead atoms. The van der Waals surface area contributed by atoms with Crippen molar-refractivity contribution in [2.45, 2.75) is 24.5 Å². The number of carbonyl (C=O) groups is 2. The Labute approximate surface area is 158 Å². The van der Waals surface area contributed by atoms with E-state index in [-0.39, 0.29) is 5.75 Å². The Hall–Kier alpha value is -2.48. The highest BCUT2D eigenvalue weighted by atomic mass is 32.2. The van der Waals surface area contributed by atoms with Gasteiger partial charge in [0.05, 0.1) is 17.6 Å². The third kappa shape index (κ3) is 3.95. The van der Waals surface area contributed by atoms with Crippen molar-refractivity contribution < 1.29 is 27.9 Å². The maximum absolute atomic E-state index is 12.9. The largest absolute Gasteiger partial charge is 0.548 e. The van der Waals surface area contributed by atoms with E-state index < -0.39 is 35.0 Å². The van der Waals surface area contributed by atoms with Gasteiger partial charge < -0.3 is 14.8 Å². The van der Waals surface area contributed by atoms with Gasteiger partial charge in [-0.2, -0.15) is 13.2 Å². The molecular weight excluding hydrogens is 379 g/mol. The molecule has 1 fully saturated rings. The maximum Gasteiger partial charge on any atom is 0.416 e. The Morgan fingerprint density at radius 3 is 2.19 bits per heavy atom. The first kappa shape index (κ1) is 19.3. The van der Waals surface area contributed by atoms with E-state index in [4.69, 9.17) is 0 Å². The molecule has 1 aliphatic heterocycles. The summed E-state index contributed by atoms with van der Waals surface area (Å²) < 4.78 is 38.3. The lowest BCUT2D eigenvalue weighted by molar-refractivity contribution is -0.310. The van der Waals surface area contributed by atoms with Gasteiger partial charge in [-0.05, 0) is 36.8 Å². The van der Waals surface area contributed by atoms with Gasteiger partial charge in [-0.1, -0.05) is 29.8 Å². The Balaban J connectivity index is 1.95. The van der Waals surface area contributed by atoms with Gasteiger partial charge in [-0.3, -0.25) is 4.79 Å². The molecule has 1 aliphatic rings. The molecule has 0 spiro atoms. The normalized spacial score (nSPS) is 19.9. The fourth-order valence-electron chi connectivity index (χ4n) is 2.87. The zero-order valence-corrected chi connectivity index (χ0v) is 15.0. The highest BCUT2D eigenvalue weighted by Crippen LogP contribution is 2.42. The van der Waals surface area contributed by atoms with Crippen LogP contribution in [-0.2, 0) is 11.0 Å². The number of rotatable bonds is 3. The molecule has 142 valence electrons. The minimum Gasteiger partial charge on any atom is -0.548 e. The minimum atomic E-state index is -4.47. The quantitative estimate of drug-likeness (QED) is 0.803. The third-order valence-electron chi connectivity index (χ3n) is 4.33. The van der Waals surface area contributed by atoms with Crippen LogP contribution < -0.4 is 5.11 Å². The van der Waals surface area contributed by atoms with Gasteiger partial charge in [0.2, 0.25) is 0 Å². The summed E-state index contributed by atoms with van der Waals surface area (Å²) in [5.41, 5.74) is 0.878. The topological polar surface area (TPSA) is 60.4 Å². The van der Waals surface area contributed by atoms with Crippen molar-refractivity contribution in [2.24, 2.45) is 0 Å². The average Bonchev–Trinajstić information content (AvgIpc) is 3.06. The number of alkyl halides is 3. The minimum absolute atomic E-state index is 0.103. The zero-order valence-electron chi connectivity index (χ0n) is 14.2. The van der Waals surface area contributed by atoms with Crippen molar-refractivity contribution in [3.05, 3.63) is 70.8 Å². The highest BCUT2D eigenvalue weighted by molar-refractivity contribution is 7.99. The Kier molecular flexibility index (Phi) is 5.19. The molecular formula is C19H15F3NO3S-. The van der Waals surface area contributed by atoms with Crippen LogP contribution in [0.1, 0.15) is 32.4 Å². The van der Waals surface area contributed by atoms with Gasteiger partial charge in [-0.15, -0.1) is 11.8 Å². The number of aryl methyl sites for hydroxylation is 1. The number of hydrogen-bond acceptors (Lipinski definition) is 4. The van der Waals surface area contributed by atoms with E-state index >= 15 is 0 Å². The van der Waals surface area contributed by atoms with Crippen LogP contribution >= 0.6 is 11.8 Å². The molecule has 2 aromatic rings. The standard InChI is InChI=1S/C19H16F3NO3S/c1-11-2-4-12(5-3-11)16(24)23-15(18(25)26)10-27-17(23)13-6-8-14(9-7-13)19(20,21)22/h2-9,15,17H,10H2,1H3,(H,25,26)/p-1/t15-,17-/m1/s1. The van der Waals surface area contributed by atoms with Gasteiger partial charge in [0.25, 0.3) is 5.91 Å². The van der Waals surface area contributed by atoms with Crippen LogP contribution in [0.15, 0.2) is 48.5 Å². The summed E-state index contributed by atoms with van der Waals surface area (Å²) >= 11 is 1.18. The molecule has 3 rings (SSSR count). The van der Waals surface area contributed by atoms with E-state index in [0.717, 1.165) is 17.7 Å². The molecule has 0 aliphatic carbocycles. The van der Waals surface area contributed by atoms with Crippen molar-refractivity contribution in [1.82, 2.24) is 4.90 Å². The fraction of sp³-hybridized carbons (Fsp3) is 0.263. The molecule has 27 heavy (non-hydrogen) atoms. The van der Waals surface area contributed by atoms with Crippen LogP contribution in [0.3, 0.4) is 0 Å². The summed E-state index contributed by atoms with van der Waals surface area (Å²) in [6, 6.07) is 9.90. The van der Waals surface area contributed by atoms with Crippen LogP contribution in [0.5, 0.6) is 0 Å². The summed E-state index contributed by atoms with van der Waals surface area (Å²) in [6.45, 7) is 1.86. The number of aliphatic carboxylic acids is 1. The number of halogens is 3. The number of carbonyl (C=O) groups excluding carboxylic acids is 2. The molecule has 1 amide bonds. The van der Waals surface area contributed by atoms with E-state index in [1.165, 1.54) is 28.8 Å². The lowest BCUT2D eigenvalue weighted by atomic mass is 10.1. The maximum atomic E-state index is 12.9. The predicted molar refractivity (Wildman–Crippen MR) is 92.8 cm³/mol. The molecule has 0 saturated carbocycles. The van der Waals surface area contributed by atoms with Crippen molar-refractivity contribution in [3.8, 4) is 0 Å². The van der Waals surface area contributed by atoms with Gasteiger partial charge in [0, 0.05) is 11.3 Å². The van der Waals surface area contributed by atoms with Gasteiger partial charge in [0.15, 0.2) is 0 Å². The molecule has 0 N–H and O–H groups in total. The van der Waals surface area contributed by atoms with Crippen LogP contribution in [0.4, 0.5) is 13.2 Å². The fourth-order valence-corrected chi connectivity index (χ4v) is 4.29. The summed E-state index contributed by atoms with van der Waals surface area (Å²) in [5, 5.41) is 10.8. The van der Waals surface area contributed by atoms with Crippen molar-refractivity contribution in [2.75, 3.05) is 5.75 Å². The summed E-state index contributed by atoms with van der Waals surface area (Å²) in [7, 11) is 0. The predicted octanol–water partition coefficient (Wildman–Crippen LogP) is 3.02. The van der Waals surface area contributed by atoms with Gasteiger partial charge in [-0.25, -0.2) is 0 Å². The smallest absolute Gasteiger partial charge is 0.416 e. The van der Waals surface area contributed by atoms with Crippen LogP contribution in [0.2, 0.25) is 0 Å². The highest BCUT2D eigenvalue weighted by Gasteiger charge is 2.40. The SMILES string of the molecule is Cc1ccc(C(=O)N2[C@@H](C(=O)[O-])CS[C@@H]2c2ccc(C(F)(F)F)cc2)cc1. The Bertz CT molecular complexity index is 850. The van der Waals surface area contributed by atoms with E-state index in [1.54, 1.807) is 24.3 Å². The van der Waals surface area contributed by atoms with E-state index in [0.29, 0.717) is 11.1 Å². The molecule has 8 heteroatoms. The molecule has 2 aromatic carbocycles. The number of amides is 1. The second kappa shape index (κ2) is 7.26. The molecule has 0 aromatic heterocycles. The van der Waals surface area contributed by atoms with Crippen LogP contribution in [0.25, 0.3) is 0 Å². The lowest BCUT2D eigenvalue weighted by Gasteiger charge is -2.30. The summed E-state index contributed by atoms with van der Waals surface area (Å²) in [6.07, 6.45) is -4.47. The molecule has 0 unspecified atom stereocenters. The second-order valence-electron chi connectivity index (χ2n) is 6.22. The number of benzene rings is 2. The molecule has 1 heterocycles. The molecule has 0 radical (unpaired) electrons. The third-order valence-corrected chi connectivity index (χ3v) is 5.65. The van der Waals surface area contributed by atoms with Gasteiger partial charge >= 0.3 is 6.18 Å². The average molecular weight is 394 g/mol. The van der Waals surface area contributed by atoms with E-state index in [1.807, 2.05) is 6.92 Å². The van der Waals surface area contributed by atoms with Crippen molar-refractivity contribution >= 4 is 23.6 Å². The second-order valence-corrected chi connectivity index (χ2v) is 7.33. The first-order valence-electron chi connectivity index (χ1n) is 8.07. The number of nitrogens with zero attached hydrogens (tertiary/aromatic N) is 1. The zero-order chi connectivity index (χ0) is 19.8. The molecule has 4 nitrogen and oxygen atoms in total. The first-order valence-corrected chi connectivity index (χ1v) is 9.12. The Morgan fingerprint density at radius 2 is 1.67 bits per heavy atom. The molecule has 2 atom stereocenters. The summed E-state index contributed by atoms with van der Waals surface area (Å²) in [4.78, 5) is 25.6. The number of carboxylic acid groups (broad SMARTS) is 1. The van der Waals surface area contributed by atoms with Gasteiger partial charge in [0.1, 0.15) is 5.37 Å². The lowest BCUT2D eigenvalue weighted by Crippen LogP contribution is -2.49. The van der Waals surface area contributed by atoms with Crippen molar-refractivity contribution in [1.29, 1.82) is 0 Å². The molecule has 1 saturated heterocycles. The van der Waals surface area contributed by atoms with Crippen LogP contribution in [-0.4, -0.2) is 28.6 Å². The van der Waals surface area contributed by atoms with E-state index in [9.17, 15) is 27.9 Å². The monoisotopic (exact) mass is 394 g/mol. The first-order chi connectivity index (χ1) is 12.7. The van der Waals surface area contributed by atoms with E-state index in [2.05, 4.69) is 0 Å².